The lowest BCUT2D eigenvalue weighted by Gasteiger charge is -2.07. The van der Waals surface area contributed by atoms with Crippen molar-refractivity contribution < 1.29 is 9.59 Å². The first kappa shape index (κ1) is 10.3. The van der Waals surface area contributed by atoms with Crippen LogP contribution in [-0.4, -0.2) is 17.6 Å². The van der Waals surface area contributed by atoms with Gasteiger partial charge in [0.25, 0.3) is 0 Å². The van der Waals surface area contributed by atoms with E-state index in [-0.39, 0.29) is 23.9 Å². The summed E-state index contributed by atoms with van der Waals surface area (Å²) in [4.78, 5) is 21.7. The maximum Gasteiger partial charge on any atom is 0.146 e. The number of rotatable bonds is 4. The van der Waals surface area contributed by atoms with Crippen LogP contribution in [0.2, 0.25) is 0 Å². The van der Waals surface area contributed by atoms with Gasteiger partial charge in [0.2, 0.25) is 0 Å². The standard InChI is InChI=1S/C8H15NO2/c1-5(2)8(11)4-7(9)6(3)10/h5,7H,4,9H2,1-3H3/t7-/m1/s1. The summed E-state index contributed by atoms with van der Waals surface area (Å²) in [5, 5.41) is 0. The van der Waals surface area contributed by atoms with Gasteiger partial charge in [-0.1, -0.05) is 13.8 Å². The lowest BCUT2D eigenvalue weighted by atomic mass is 10.0. The van der Waals surface area contributed by atoms with Gasteiger partial charge in [-0.15, -0.1) is 0 Å². The molecule has 0 aliphatic heterocycles. The molecule has 0 aliphatic rings. The Labute approximate surface area is 67.0 Å². The van der Waals surface area contributed by atoms with Crippen LogP contribution in [-0.2, 0) is 9.59 Å². The Morgan fingerprint density at radius 2 is 1.82 bits per heavy atom. The van der Waals surface area contributed by atoms with Crippen LogP contribution in [0.4, 0.5) is 0 Å². The van der Waals surface area contributed by atoms with Gasteiger partial charge in [0, 0.05) is 12.3 Å². The molecule has 0 heterocycles. The van der Waals surface area contributed by atoms with E-state index in [1.165, 1.54) is 6.92 Å². The molecular formula is C8H15NO2. The number of ketones is 2. The molecule has 0 aromatic rings. The Hall–Kier alpha value is -0.700. The van der Waals surface area contributed by atoms with Crippen LogP contribution in [0.3, 0.4) is 0 Å². The third kappa shape index (κ3) is 3.88. The fourth-order valence-electron chi connectivity index (χ4n) is 0.596. The monoisotopic (exact) mass is 157 g/mol. The van der Waals surface area contributed by atoms with Crippen molar-refractivity contribution in [2.75, 3.05) is 0 Å². The molecule has 2 N–H and O–H groups in total. The van der Waals surface area contributed by atoms with Crippen LogP contribution in [0.1, 0.15) is 27.2 Å². The zero-order chi connectivity index (χ0) is 9.02. The maximum absolute atomic E-state index is 11.0. The summed E-state index contributed by atoms with van der Waals surface area (Å²) in [5.74, 6) is -0.105. The first-order valence-electron chi connectivity index (χ1n) is 3.74. The molecule has 64 valence electrons. The van der Waals surface area contributed by atoms with Gasteiger partial charge < -0.3 is 5.73 Å². The van der Waals surface area contributed by atoms with Gasteiger partial charge in [0.1, 0.15) is 11.6 Å². The van der Waals surface area contributed by atoms with Crippen molar-refractivity contribution in [1.29, 1.82) is 0 Å². The molecule has 0 fully saturated rings. The fraction of sp³-hybridized carbons (Fsp3) is 0.750. The third-order valence-electron chi connectivity index (χ3n) is 1.59. The minimum absolute atomic E-state index is 0.0274. The predicted octanol–water partition coefficient (Wildman–Crippen LogP) is 0.518. The molecule has 0 saturated carbocycles. The highest BCUT2D eigenvalue weighted by molar-refractivity contribution is 5.89. The molecule has 0 aromatic carbocycles. The molecule has 0 bridgehead atoms. The quantitative estimate of drug-likeness (QED) is 0.647. The van der Waals surface area contributed by atoms with E-state index in [1.807, 2.05) is 0 Å². The smallest absolute Gasteiger partial charge is 0.146 e. The number of carbonyl (C=O) groups excluding carboxylic acids is 2. The Bertz CT molecular complexity index is 163. The van der Waals surface area contributed by atoms with Crippen molar-refractivity contribution >= 4 is 11.6 Å². The highest BCUT2D eigenvalue weighted by Crippen LogP contribution is 2.01. The van der Waals surface area contributed by atoms with Crippen molar-refractivity contribution in [3.05, 3.63) is 0 Å². The fourth-order valence-corrected chi connectivity index (χ4v) is 0.596. The van der Waals surface area contributed by atoms with E-state index in [0.29, 0.717) is 0 Å². The summed E-state index contributed by atoms with van der Waals surface area (Å²) in [6.45, 7) is 5.00. The Balaban J connectivity index is 3.85. The molecule has 0 radical (unpaired) electrons. The van der Waals surface area contributed by atoms with E-state index in [9.17, 15) is 9.59 Å². The van der Waals surface area contributed by atoms with Crippen LogP contribution in [0.25, 0.3) is 0 Å². The molecular weight excluding hydrogens is 142 g/mol. The predicted molar refractivity (Wildman–Crippen MR) is 43.1 cm³/mol. The Morgan fingerprint density at radius 3 is 2.09 bits per heavy atom. The second-order valence-corrected chi connectivity index (χ2v) is 3.04. The summed E-state index contributed by atoms with van der Waals surface area (Å²) in [5.41, 5.74) is 5.38. The van der Waals surface area contributed by atoms with Crippen LogP contribution < -0.4 is 5.73 Å². The first-order valence-corrected chi connectivity index (χ1v) is 3.74. The largest absolute Gasteiger partial charge is 0.321 e. The zero-order valence-electron chi connectivity index (χ0n) is 7.26. The van der Waals surface area contributed by atoms with Crippen molar-refractivity contribution in [3.8, 4) is 0 Å². The molecule has 0 spiro atoms. The van der Waals surface area contributed by atoms with Crippen molar-refractivity contribution in [1.82, 2.24) is 0 Å². The molecule has 0 saturated heterocycles. The van der Waals surface area contributed by atoms with Gasteiger partial charge in [0.15, 0.2) is 0 Å². The molecule has 0 unspecified atom stereocenters. The zero-order valence-corrected chi connectivity index (χ0v) is 7.26. The molecule has 11 heavy (non-hydrogen) atoms. The van der Waals surface area contributed by atoms with Crippen molar-refractivity contribution in [3.63, 3.8) is 0 Å². The average Bonchev–Trinajstić information content (AvgIpc) is 1.87. The highest BCUT2D eigenvalue weighted by Gasteiger charge is 2.15. The summed E-state index contributed by atoms with van der Waals surface area (Å²) < 4.78 is 0. The summed E-state index contributed by atoms with van der Waals surface area (Å²) in [7, 11) is 0. The summed E-state index contributed by atoms with van der Waals surface area (Å²) >= 11 is 0. The van der Waals surface area contributed by atoms with Crippen LogP contribution in [0, 0.1) is 5.92 Å². The number of hydrogen-bond acceptors (Lipinski definition) is 3. The van der Waals surface area contributed by atoms with E-state index < -0.39 is 6.04 Å². The SMILES string of the molecule is CC(=O)[C@H](N)CC(=O)C(C)C. The first-order chi connectivity index (χ1) is 4.95. The molecule has 3 heteroatoms. The second kappa shape index (κ2) is 4.23. The van der Waals surface area contributed by atoms with E-state index in [1.54, 1.807) is 13.8 Å². The third-order valence-corrected chi connectivity index (χ3v) is 1.59. The molecule has 0 rings (SSSR count). The Kier molecular flexibility index (Phi) is 3.97. The number of carbonyl (C=O) groups is 2. The number of nitrogens with two attached hydrogens (primary N) is 1. The van der Waals surface area contributed by atoms with Crippen LogP contribution in [0.15, 0.2) is 0 Å². The number of Topliss-reactive ketones (excluding diaryl/α,β-unsaturated/α-hetero) is 2. The van der Waals surface area contributed by atoms with Gasteiger partial charge in [0.05, 0.1) is 6.04 Å². The van der Waals surface area contributed by atoms with Crippen molar-refractivity contribution in [2.45, 2.75) is 33.2 Å². The minimum atomic E-state index is -0.607. The second-order valence-electron chi connectivity index (χ2n) is 3.04. The van der Waals surface area contributed by atoms with Gasteiger partial charge in [-0.3, -0.25) is 9.59 Å². The maximum atomic E-state index is 11.0. The van der Waals surface area contributed by atoms with Gasteiger partial charge in [-0.25, -0.2) is 0 Å². The topological polar surface area (TPSA) is 60.2 Å². The number of hydrogen-bond donors (Lipinski definition) is 1. The van der Waals surface area contributed by atoms with E-state index >= 15 is 0 Å². The van der Waals surface area contributed by atoms with Crippen LogP contribution in [0.5, 0.6) is 0 Å². The van der Waals surface area contributed by atoms with Gasteiger partial charge in [-0.05, 0) is 6.92 Å². The lowest BCUT2D eigenvalue weighted by Crippen LogP contribution is -2.32. The summed E-state index contributed by atoms with van der Waals surface area (Å²) in [6.07, 6.45) is 0.174. The molecule has 1 atom stereocenters. The van der Waals surface area contributed by atoms with Gasteiger partial charge >= 0.3 is 0 Å². The minimum Gasteiger partial charge on any atom is -0.321 e. The highest BCUT2D eigenvalue weighted by atomic mass is 16.1. The van der Waals surface area contributed by atoms with Crippen molar-refractivity contribution in [2.24, 2.45) is 11.7 Å². The lowest BCUT2D eigenvalue weighted by molar-refractivity contribution is -0.126. The molecule has 0 amide bonds. The van der Waals surface area contributed by atoms with E-state index in [4.69, 9.17) is 5.73 Å². The van der Waals surface area contributed by atoms with E-state index in [2.05, 4.69) is 0 Å². The summed E-state index contributed by atoms with van der Waals surface area (Å²) in [6, 6.07) is -0.607. The molecule has 0 aromatic heterocycles. The molecule has 3 nitrogen and oxygen atoms in total. The van der Waals surface area contributed by atoms with Gasteiger partial charge in [-0.2, -0.15) is 0 Å². The Morgan fingerprint density at radius 1 is 1.36 bits per heavy atom. The normalized spacial score (nSPS) is 13.2. The van der Waals surface area contributed by atoms with E-state index in [0.717, 1.165) is 0 Å². The average molecular weight is 157 g/mol. The molecule has 0 aliphatic carbocycles. The van der Waals surface area contributed by atoms with Crippen LogP contribution >= 0.6 is 0 Å².